The van der Waals surface area contributed by atoms with E-state index in [4.69, 9.17) is 16.3 Å². The van der Waals surface area contributed by atoms with Crippen LogP contribution in [0.4, 0.5) is 10.3 Å². The van der Waals surface area contributed by atoms with Crippen molar-refractivity contribution >= 4 is 5.95 Å². The summed E-state index contributed by atoms with van der Waals surface area (Å²) in [6, 6.07) is 4.62. The van der Waals surface area contributed by atoms with Gasteiger partial charge in [-0.2, -0.15) is 0 Å². The monoisotopic (exact) mass is 250 g/mol. The summed E-state index contributed by atoms with van der Waals surface area (Å²) in [6.45, 7) is 3.67. The average molecular weight is 250 g/mol. The Morgan fingerprint density at radius 2 is 2.11 bits per heavy atom. The lowest BCUT2D eigenvalue weighted by Crippen LogP contribution is -2.09. The van der Waals surface area contributed by atoms with Gasteiger partial charge in [-0.05, 0) is 32.0 Å². The van der Waals surface area contributed by atoms with Gasteiger partial charge in [-0.25, -0.2) is 14.1 Å². The number of nitrogens with zero attached hydrogens (tertiary/aromatic N) is 2. The standard InChI is InChI=1S/C12H15FN4O/c1-7(2)18-11-4-3-8(5-9(11)13)10-6-17(15)12(14)16-10/h3-7H,15H2,1-2H3,(H2,14,16). The Morgan fingerprint density at radius 1 is 1.39 bits per heavy atom. The van der Waals surface area contributed by atoms with Crippen LogP contribution in [0.5, 0.6) is 5.75 Å². The Morgan fingerprint density at radius 3 is 2.61 bits per heavy atom. The van der Waals surface area contributed by atoms with E-state index in [1.807, 2.05) is 13.8 Å². The Balaban J connectivity index is 2.33. The second kappa shape index (κ2) is 4.56. The van der Waals surface area contributed by atoms with Crippen LogP contribution in [0.25, 0.3) is 11.3 Å². The van der Waals surface area contributed by atoms with Crippen molar-refractivity contribution < 1.29 is 9.13 Å². The summed E-state index contributed by atoms with van der Waals surface area (Å²) in [6.07, 6.45) is 1.46. The molecule has 96 valence electrons. The number of aromatic nitrogens is 2. The molecule has 0 unspecified atom stereocenters. The van der Waals surface area contributed by atoms with Crippen molar-refractivity contribution in [2.75, 3.05) is 11.6 Å². The minimum atomic E-state index is -0.439. The first kappa shape index (κ1) is 12.2. The molecule has 0 aliphatic heterocycles. The molecule has 1 aromatic heterocycles. The van der Waals surface area contributed by atoms with Gasteiger partial charge in [0.25, 0.3) is 0 Å². The third-order valence-corrected chi connectivity index (χ3v) is 2.35. The molecule has 0 radical (unpaired) electrons. The molecule has 18 heavy (non-hydrogen) atoms. The number of ether oxygens (including phenoxy) is 1. The second-order valence-electron chi connectivity index (χ2n) is 4.20. The summed E-state index contributed by atoms with van der Waals surface area (Å²) < 4.78 is 20.3. The van der Waals surface area contributed by atoms with Crippen LogP contribution >= 0.6 is 0 Å². The minimum Gasteiger partial charge on any atom is -0.488 e. The molecule has 0 atom stereocenters. The Hall–Kier alpha value is -2.24. The van der Waals surface area contributed by atoms with Crippen molar-refractivity contribution in [1.29, 1.82) is 0 Å². The predicted molar refractivity (Wildman–Crippen MR) is 67.9 cm³/mol. The normalized spacial score (nSPS) is 10.9. The fourth-order valence-electron chi connectivity index (χ4n) is 1.56. The molecule has 1 aromatic carbocycles. The number of halogens is 1. The number of hydrogen-bond donors (Lipinski definition) is 2. The smallest absolute Gasteiger partial charge is 0.219 e. The van der Waals surface area contributed by atoms with Crippen molar-refractivity contribution in [3.05, 3.63) is 30.2 Å². The van der Waals surface area contributed by atoms with Crippen molar-refractivity contribution in [2.24, 2.45) is 0 Å². The van der Waals surface area contributed by atoms with Crippen LogP contribution < -0.4 is 16.3 Å². The molecule has 6 heteroatoms. The average Bonchev–Trinajstić information content (AvgIpc) is 2.62. The molecule has 1 heterocycles. The van der Waals surface area contributed by atoms with E-state index in [-0.39, 0.29) is 17.8 Å². The number of benzene rings is 1. The van der Waals surface area contributed by atoms with Gasteiger partial charge in [-0.1, -0.05) is 0 Å². The fraction of sp³-hybridized carbons (Fsp3) is 0.250. The highest BCUT2D eigenvalue weighted by molar-refractivity contribution is 5.61. The Bertz CT molecular complexity index is 546. The molecule has 0 bridgehead atoms. The molecule has 5 nitrogen and oxygen atoms in total. The number of imidazole rings is 1. The number of nitrogens with two attached hydrogens (primary N) is 2. The van der Waals surface area contributed by atoms with Crippen molar-refractivity contribution in [3.8, 4) is 17.0 Å². The predicted octanol–water partition coefficient (Wildman–Crippen LogP) is 1.77. The molecule has 2 rings (SSSR count). The van der Waals surface area contributed by atoms with Crippen LogP contribution in [0.3, 0.4) is 0 Å². The molecule has 0 aliphatic rings. The molecule has 4 N–H and O–H groups in total. The third-order valence-electron chi connectivity index (χ3n) is 2.35. The van der Waals surface area contributed by atoms with Crippen LogP contribution in [-0.4, -0.2) is 15.8 Å². The van der Waals surface area contributed by atoms with Gasteiger partial charge in [0.2, 0.25) is 5.95 Å². The van der Waals surface area contributed by atoms with Gasteiger partial charge in [0.1, 0.15) is 0 Å². The van der Waals surface area contributed by atoms with Gasteiger partial charge in [-0.15, -0.1) is 0 Å². The summed E-state index contributed by atoms with van der Waals surface area (Å²) in [4.78, 5) is 4.02. The van der Waals surface area contributed by atoms with E-state index >= 15 is 0 Å². The first-order chi connectivity index (χ1) is 8.47. The maximum atomic E-state index is 13.8. The number of nitrogen functional groups attached to an aromatic ring is 2. The highest BCUT2D eigenvalue weighted by atomic mass is 19.1. The topological polar surface area (TPSA) is 79.1 Å². The second-order valence-corrected chi connectivity index (χ2v) is 4.20. The van der Waals surface area contributed by atoms with Gasteiger partial charge in [0.05, 0.1) is 18.0 Å². The Labute approximate surface area is 104 Å². The maximum Gasteiger partial charge on any atom is 0.219 e. The Kier molecular flexibility index (Phi) is 3.10. The lowest BCUT2D eigenvalue weighted by atomic mass is 10.1. The summed E-state index contributed by atoms with van der Waals surface area (Å²) >= 11 is 0. The SMILES string of the molecule is CC(C)Oc1ccc(-c2cn(N)c(N)n2)cc1F. The zero-order chi connectivity index (χ0) is 13.3. The molecule has 0 saturated carbocycles. The van der Waals surface area contributed by atoms with E-state index in [1.165, 1.54) is 16.9 Å². The summed E-state index contributed by atoms with van der Waals surface area (Å²) in [7, 11) is 0. The minimum absolute atomic E-state index is 0.0794. The maximum absolute atomic E-state index is 13.8. The lowest BCUT2D eigenvalue weighted by molar-refractivity contribution is 0.231. The number of rotatable bonds is 3. The van der Waals surface area contributed by atoms with Crippen LogP contribution in [-0.2, 0) is 0 Å². The molecular weight excluding hydrogens is 235 g/mol. The van der Waals surface area contributed by atoms with Gasteiger partial charge in [0.15, 0.2) is 11.6 Å². The molecule has 0 amide bonds. The molecule has 2 aromatic rings. The summed E-state index contributed by atoms with van der Waals surface area (Å²) in [5, 5.41) is 0. The first-order valence-corrected chi connectivity index (χ1v) is 5.54. The molecule has 0 fully saturated rings. The van der Waals surface area contributed by atoms with Crippen molar-refractivity contribution in [1.82, 2.24) is 9.66 Å². The highest BCUT2D eigenvalue weighted by Gasteiger charge is 2.10. The van der Waals surface area contributed by atoms with Crippen LogP contribution in [0.15, 0.2) is 24.4 Å². The van der Waals surface area contributed by atoms with Crippen LogP contribution in [0.2, 0.25) is 0 Å². The van der Waals surface area contributed by atoms with Crippen LogP contribution in [0.1, 0.15) is 13.8 Å². The highest BCUT2D eigenvalue weighted by Crippen LogP contribution is 2.25. The summed E-state index contributed by atoms with van der Waals surface area (Å²) in [5.41, 5.74) is 6.64. The van der Waals surface area contributed by atoms with Gasteiger partial charge in [-0.3, -0.25) is 0 Å². The van der Waals surface area contributed by atoms with E-state index < -0.39 is 5.82 Å². The van der Waals surface area contributed by atoms with Gasteiger partial charge in [0, 0.05) is 5.56 Å². The van der Waals surface area contributed by atoms with Crippen LogP contribution in [0, 0.1) is 5.82 Å². The van der Waals surface area contributed by atoms with Crippen molar-refractivity contribution in [2.45, 2.75) is 20.0 Å². The third kappa shape index (κ3) is 2.37. The molecule has 0 saturated heterocycles. The van der Waals surface area contributed by atoms with E-state index in [9.17, 15) is 4.39 Å². The summed E-state index contributed by atoms with van der Waals surface area (Å²) in [5.74, 6) is 5.47. The largest absolute Gasteiger partial charge is 0.488 e. The van der Waals surface area contributed by atoms with Gasteiger partial charge >= 0.3 is 0 Å². The molecule has 0 spiro atoms. The van der Waals surface area contributed by atoms with E-state index in [1.54, 1.807) is 12.1 Å². The van der Waals surface area contributed by atoms with E-state index in [0.717, 1.165) is 0 Å². The van der Waals surface area contributed by atoms with Gasteiger partial charge < -0.3 is 16.3 Å². The van der Waals surface area contributed by atoms with Crippen molar-refractivity contribution in [3.63, 3.8) is 0 Å². The lowest BCUT2D eigenvalue weighted by Gasteiger charge is -2.10. The quantitative estimate of drug-likeness (QED) is 0.814. The van der Waals surface area contributed by atoms with E-state index in [2.05, 4.69) is 4.98 Å². The van der Waals surface area contributed by atoms with E-state index in [0.29, 0.717) is 11.3 Å². The number of hydrogen-bond acceptors (Lipinski definition) is 4. The fourth-order valence-corrected chi connectivity index (χ4v) is 1.56. The zero-order valence-electron chi connectivity index (χ0n) is 10.2. The molecular formula is C12H15FN4O. The number of anilines is 1. The molecule has 0 aliphatic carbocycles. The first-order valence-electron chi connectivity index (χ1n) is 5.54. The zero-order valence-corrected chi connectivity index (χ0v) is 10.2.